The van der Waals surface area contributed by atoms with Crippen LogP contribution in [0, 0.1) is 0 Å². The minimum Gasteiger partial charge on any atom is -0.495 e. The normalized spacial score (nSPS) is 14.3. The molecule has 2 aromatic carbocycles. The van der Waals surface area contributed by atoms with Gasteiger partial charge in [0.1, 0.15) is 10.6 Å². The van der Waals surface area contributed by atoms with E-state index in [0.29, 0.717) is 5.56 Å². The van der Waals surface area contributed by atoms with E-state index in [4.69, 9.17) is 4.74 Å². The summed E-state index contributed by atoms with van der Waals surface area (Å²) in [5.74, 6) is -0.249. The van der Waals surface area contributed by atoms with Crippen LogP contribution in [0.4, 0.5) is 0 Å². The number of benzene rings is 2. The lowest BCUT2D eigenvalue weighted by Crippen LogP contribution is -2.35. The summed E-state index contributed by atoms with van der Waals surface area (Å²) in [6.45, 7) is 1.76. The lowest BCUT2D eigenvalue weighted by molar-refractivity contribution is 0.0724. The number of nitrogens with one attached hydrogen (secondary N) is 1. The molecule has 0 unspecified atom stereocenters. The average Bonchev–Trinajstić information content (AvgIpc) is 2.82. The molecular weight excluding hydrogens is 430 g/mol. The Labute approximate surface area is 189 Å². The molecule has 0 radical (unpaired) electrons. The second kappa shape index (κ2) is 10.1. The number of nitrogens with zero attached hydrogens (tertiary/aromatic N) is 2. The highest BCUT2D eigenvalue weighted by atomic mass is 32.2. The molecule has 9 heteroatoms. The molecular formula is C23H29N3O5S. The first-order valence-corrected chi connectivity index (χ1v) is 11.9. The van der Waals surface area contributed by atoms with Gasteiger partial charge in [0, 0.05) is 44.9 Å². The second-order valence-electron chi connectivity index (χ2n) is 7.89. The Morgan fingerprint density at radius 3 is 2.41 bits per heavy atom. The number of hydrogen-bond acceptors (Lipinski definition) is 5. The van der Waals surface area contributed by atoms with E-state index < -0.39 is 15.9 Å². The molecule has 3 rings (SSSR count). The SMILES string of the molecule is COc1ccc(C(=O)NCc2cccc(C(=O)N3CCCCC3)c2)cc1S(=O)(=O)N(C)C. The summed E-state index contributed by atoms with van der Waals surface area (Å²) in [5, 5.41) is 2.79. The van der Waals surface area contributed by atoms with Crippen LogP contribution in [0.25, 0.3) is 0 Å². The highest BCUT2D eigenvalue weighted by Crippen LogP contribution is 2.27. The smallest absolute Gasteiger partial charge is 0.253 e. The van der Waals surface area contributed by atoms with Crippen LogP contribution in [0.1, 0.15) is 45.5 Å². The van der Waals surface area contributed by atoms with Crippen LogP contribution in [0.3, 0.4) is 0 Å². The van der Waals surface area contributed by atoms with Gasteiger partial charge in [-0.15, -0.1) is 0 Å². The maximum atomic E-state index is 12.7. The van der Waals surface area contributed by atoms with Crippen LogP contribution in [0.5, 0.6) is 5.75 Å². The molecule has 0 aliphatic carbocycles. The standard InChI is InChI=1S/C23H29N3O5S/c1-25(2)32(29,30)21-15-18(10-11-20(21)31-3)22(27)24-16-17-8-7-9-19(14-17)23(28)26-12-5-4-6-13-26/h7-11,14-15H,4-6,12-13,16H2,1-3H3,(H,24,27). The van der Waals surface area contributed by atoms with Gasteiger partial charge in [0.05, 0.1) is 7.11 Å². The molecule has 1 aliphatic rings. The van der Waals surface area contributed by atoms with Crippen molar-refractivity contribution < 1.29 is 22.7 Å². The number of piperidine rings is 1. The first-order valence-electron chi connectivity index (χ1n) is 10.5. The van der Waals surface area contributed by atoms with Crippen LogP contribution in [-0.4, -0.2) is 63.7 Å². The summed E-state index contributed by atoms with van der Waals surface area (Å²) in [7, 11) is 0.427. The Hall–Kier alpha value is -2.91. The van der Waals surface area contributed by atoms with Crippen molar-refractivity contribution in [2.75, 3.05) is 34.3 Å². The topological polar surface area (TPSA) is 96.0 Å². The molecule has 0 saturated carbocycles. The number of sulfonamides is 1. The molecule has 1 N–H and O–H groups in total. The van der Waals surface area contributed by atoms with Crippen molar-refractivity contribution in [3.63, 3.8) is 0 Å². The molecule has 0 aromatic heterocycles. The van der Waals surface area contributed by atoms with Crippen molar-refractivity contribution in [2.24, 2.45) is 0 Å². The number of ether oxygens (including phenoxy) is 1. The summed E-state index contributed by atoms with van der Waals surface area (Å²) in [5.41, 5.74) is 1.59. The lowest BCUT2D eigenvalue weighted by Gasteiger charge is -2.26. The first-order chi connectivity index (χ1) is 15.2. The van der Waals surface area contributed by atoms with Gasteiger partial charge >= 0.3 is 0 Å². The zero-order valence-electron chi connectivity index (χ0n) is 18.6. The molecule has 1 heterocycles. The number of carbonyl (C=O) groups excluding carboxylic acids is 2. The molecule has 1 aliphatic heterocycles. The highest BCUT2D eigenvalue weighted by Gasteiger charge is 2.24. The molecule has 0 spiro atoms. The number of hydrogen-bond donors (Lipinski definition) is 1. The molecule has 32 heavy (non-hydrogen) atoms. The summed E-state index contributed by atoms with van der Waals surface area (Å²) in [6.07, 6.45) is 3.20. The van der Waals surface area contributed by atoms with Crippen LogP contribution in [0.2, 0.25) is 0 Å². The number of methoxy groups -OCH3 is 1. The first kappa shape index (κ1) is 23.7. The predicted octanol–water partition coefficient (Wildman–Crippen LogP) is 2.50. The average molecular weight is 460 g/mol. The van der Waals surface area contributed by atoms with Crippen molar-refractivity contribution in [1.82, 2.24) is 14.5 Å². The van der Waals surface area contributed by atoms with E-state index in [1.165, 1.54) is 39.4 Å². The largest absolute Gasteiger partial charge is 0.495 e. The van der Waals surface area contributed by atoms with Crippen LogP contribution in [-0.2, 0) is 16.6 Å². The van der Waals surface area contributed by atoms with E-state index in [0.717, 1.165) is 42.2 Å². The Balaban J connectivity index is 1.73. The summed E-state index contributed by atoms with van der Waals surface area (Å²) in [4.78, 5) is 27.2. The van der Waals surface area contributed by atoms with E-state index >= 15 is 0 Å². The Morgan fingerprint density at radius 2 is 1.75 bits per heavy atom. The molecule has 0 bridgehead atoms. The van der Waals surface area contributed by atoms with E-state index in [1.54, 1.807) is 18.2 Å². The van der Waals surface area contributed by atoms with Crippen molar-refractivity contribution in [3.05, 3.63) is 59.2 Å². The molecule has 2 amide bonds. The number of carbonyl (C=O) groups is 2. The van der Waals surface area contributed by atoms with Gasteiger partial charge in [-0.05, 0) is 55.2 Å². The Morgan fingerprint density at radius 1 is 1.03 bits per heavy atom. The fraction of sp³-hybridized carbons (Fsp3) is 0.391. The third-order valence-electron chi connectivity index (χ3n) is 5.45. The van der Waals surface area contributed by atoms with Gasteiger partial charge < -0.3 is 15.0 Å². The van der Waals surface area contributed by atoms with Crippen molar-refractivity contribution in [3.8, 4) is 5.75 Å². The Kier molecular flexibility index (Phi) is 7.52. The van der Waals surface area contributed by atoms with E-state index in [-0.39, 0.29) is 28.7 Å². The zero-order chi connectivity index (χ0) is 23.3. The lowest BCUT2D eigenvalue weighted by atomic mass is 10.1. The van der Waals surface area contributed by atoms with E-state index in [1.807, 2.05) is 11.0 Å². The maximum absolute atomic E-state index is 12.7. The highest BCUT2D eigenvalue weighted by molar-refractivity contribution is 7.89. The van der Waals surface area contributed by atoms with Crippen LogP contribution < -0.4 is 10.1 Å². The van der Waals surface area contributed by atoms with Gasteiger partial charge in [0.15, 0.2) is 0 Å². The summed E-state index contributed by atoms with van der Waals surface area (Å²) >= 11 is 0. The zero-order valence-corrected chi connectivity index (χ0v) is 19.4. The third kappa shape index (κ3) is 5.28. The van der Waals surface area contributed by atoms with E-state index in [9.17, 15) is 18.0 Å². The number of likely N-dealkylation sites (tertiary alicyclic amines) is 1. The minimum absolute atomic E-state index is 0.00608. The van der Waals surface area contributed by atoms with Crippen molar-refractivity contribution in [1.29, 1.82) is 0 Å². The van der Waals surface area contributed by atoms with Crippen molar-refractivity contribution >= 4 is 21.8 Å². The number of amides is 2. The predicted molar refractivity (Wildman–Crippen MR) is 121 cm³/mol. The molecule has 0 atom stereocenters. The van der Waals surface area contributed by atoms with Crippen LogP contribution in [0.15, 0.2) is 47.4 Å². The molecule has 1 fully saturated rings. The fourth-order valence-electron chi connectivity index (χ4n) is 3.59. The molecule has 1 saturated heterocycles. The van der Waals surface area contributed by atoms with Gasteiger partial charge in [-0.2, -0.15) is 0 Å². The van der Waals surface area contributed by atoms with Crippen LogP contribution >= 0.6 is 0 Å². The molecule has 8 nitrogen and oxygen atoms in total. The third-order valence-corrected chi connectivity index (χ3v) is 7.29. The second-order valence-corrected chi connectivity index (χ2v) is 10.0. The minimum atomic E-state index is -3.78. The van der Waals surface area contributed by atoms with Gasteiger partial charge in [-0.3, -0.25) is 9.59 Å². The monoisotopic (exact) mass is 459 g/mol. The van der Waals surface area contributed by atoms with Gasteiger partial charge in [-0.25, -0.2) is 12.7 Å². The van der Waals surface area contributed by atoms with Crippen molar-refractivity contribution in [2.45, 2.75) is 30.7 Å². The summed E-state index contributed by atoms with van der Waals surface area (Å²) < 4.78 is 31.4. The van der Waals surface area contributed by atoms with Gasteiger partial charge in [0.2, 0.25) is 10.0 Å². The fourth-order valence-corrected chi connectivity index (χ4v) is 4.67. The molecule has 2 aromatic rings. The van der Waals surface area contributed by atoms with Gasteiger partial charge in [0.25, 0.3) is 11.8 Å². The van der Waals surface area contributed by atoms with E-state index in [2.05, 4.69) is 5.32 Å². The quantitative estimate of drug-likeness (QED) is 0.686. The van der Waals surface area contributed by atoms with Gasteiger partial charge in [-0.1, -0.05) is 12.1 Å². The Bertz CT molecular complexity index is 1090. The maximum Gasteiger partial charge on any atom is 0.253 e. The molecule has 172 valence electrons. The number of rotatable bonds is 7. The summed E-state index contributed by atoms with van der Waals surface area (Å²) in [6, 6.07) is 11.5.